The number of rotatable bonds is 12. The molecule has 0 aliphatic rings. The molecule has 174 valence electrons. The summed E-state index contributed by atoms with van der Waals surface area (Å²) in [6, 6.07) is 3.38. The average molecular weight is 451 g/mol. The zero-order valence-electron chi connectivity index (χ0n) is 17.5. The van der Waals surface area contributed by atoms with Gasteiger partial charge in [0.15, 0.2) is 0 Å². The molecular weight excluding hydrogens is 426 g/mol. The minimum Gasteiger partial charge on any atom is -0.481 e. The summed E-state index contributed by atoms with van der Waals surface area (Å²) in [4.78, 5) is 68.0. The normalized spacial score (nSPS) is 12.1. The lowest BCUT2D eigenvalue weighted by molar-refractivity contribution is -0.384. The summed E-state index contributed by atoms with van der Waals surface area (Å²) in [5.41, 5.74) is 0.203. The molecule has 5 N–H and O–H groups in total. The van der Waals surface area contributed by atoms with Crippen molar-refractivity contribution in [2.45, 2.75) is 45.2 Å². The molecule has 0 heterocycles. The van der Waals surface area contributed by atoms with Gasteiger partial charge >= 0.3 is 5.97 Å². The third kappa shape index (κ3) is 9.65. The fraction of sp³-hybridized carbons (Fsp3) is 0.421. The Bertz CT molecular complexity index is 871. The van der Waals surface area contributed by atoms with Crippen LogP contribution in [0.3, 0.4) is 0 Å². The maximum Gasteiger partial charge on any atom is 0.303 e. The quantitative estimate of drug-likeness (QED) is 0.215. The number of benzene rings is 1. The van der Waals surface area contributed by atoms with Gasteiger partial charge in [0.05, 0.1) is 11.3 Å². The number of carbonyl (C=O) groups excluding carboxylic acids is 4. The smallest absolute Gasteiger partial charge is 0.303 e. The van der Waals surface area contributed by atoms with E-state index in [1.54, 1.807) is 0 Å². The summed E-state index contributed by atoms with van der Waals surface area (Å²) in [6.07, 6.45) is -0.730. The number of hydrogen-bond acceptors (Lipinski definition) is 7. The van der Waals surface area contributed by atoms with Crippen molar-refractivity contribution >= 4 is 41.0 Å². The van der Waals surface area contributed by atoms with E-state index in [2.05, 4.69) is 21.3 Å². The van der Waals surface area contributed by atoms with Crippen molar-refractivity contribution in [2.75, 3.05) is 11.9 Å². The monoisotopic (exact) mass is 451 g/mol. The molecule has 0 radical (unpaired) electrons. The number of nitrogens with one attached hydrogen (secondary N) is 4. The van der Waals surface area contributed by atoms with Crippen molar-refractivity contribution in [3.05, 3.63) is 34.4 Å². The number of nitrogens with zero attached hydrogens (tertiary/aromatic N) is 1. The molecule has 4 amide bonds. The van der Waals surface area contributed by atoms with Crippen LogP contribution >= 0.6 is 0 Å². The van der Waals surface area contributed by atoms with Crippen LogP contribution in [0.1, 0.15) is 33.1 Å². The highest BCUT2D eigenvalue weighted by molar-refractivity contribution is 5.97. The van der Waals surface area contributed by atoms with Crippen LogP contribution in [-0.4, -0.2) is 58.3 Å². The first-order valence-corrected chi connectivity index (χ1v) is 9.63. The molecule has 1 aromatic rings. The summed E-state index contributed by atoms with van der Waals surface area (Å²) < 4.78 is 0. The van der Waals surface area contributed by atoms with Crippen molar-refractivity contribution in [1.29, 1.82) is 0 Å². The van der Waals surface area contributed by atoms with Crippen LogP contribution in [-0.2, 0) is 24.0 Å². The van der Waals surface area contributed by atoms with Crippen LogP contribution in [0.15, 0.2) is 24.3 Å². The second-order valence-electron chi connectivity index (χ2n) is 6.81. The van der Waals surface area contributed by atoms with Crippen LogP contribution in [0.4, 0.5) is 11.4 Å². The fourth-order valence-corrected chi connectivity index (χ4v) is 2.35. The molecule has 2 atom stereocenters. The molecule has 0 fully saturated rings. The molecule has 2 unspecified atom stereocenters. The van der Waals surface area contributed by atoms with Crippen LogP contribution in [0, 0.1) is 10.1 Å². The molecule has 0 saturated carbocycles. The Labute approximate surface area is 183 Å². The Morgan fingerprint density at radius 2 is 1.44 bits per heavy atom. The van der Waals surface area contributed by atoms with Crippen molar-refractivity contribution in [2.24, 2.45) is 0 Å². The lowest BCUT2D eigenvalue weighted by atomic mass is 10.2. The lowest BCUT2D eigenvalue weighted by Crippen LogP contribution is -2.46. The Morgan fingerprint density at radius 3 is 1.97 bits per heavy atom. The SMILES string of the molecule is CC(NC(=O)CCC(=O)O)C(=O)NCCC(=O)NC(C)C(=O)Nc1ccc([N+](=O)[O-])cc1. The number of non-ortho nitro benzene ring substituents is 1. The molecule has 13 nitrogen and oxygen atoms in total. The molecule has 0 aliphatic heterocycles. The van der Waals surface area contributed by atoms with E-state index in [-0.39, 0.29) is 31.5 Å². The maximum absolute atomic E-state index is 12.1. The predicted octanol–water partition coefficient (Wildman–Crippen LogP) is -0.0862. The zero-order valence-corrected chi connectivity index (χ0v) is 17.5. The number of anilines is 1. The molecule has 0 aliphatic carbocycles. The molecule has 13 heteroatoms. The van der Waals surface area contributed by atoms with E-state index in [1.807, 2.05) is 0 Å². The Balaban J connectivity index is 2.34. The number of amides is 4. The van der Waals surface area contributed by atoms with E-state index in [0.29, 0.717) is 5.69 Å². The number of carbonyl (C=O) groups is 5. The number of carboxylic acids is 1. The van der Waals surface area contributed by atoms with Gasteiger partial charge in [-0.1, -0.05) is 0 Å². The molecule has 32 heavy (non-hydrogen) atoms. The third-order valence-electron chi connectivity index (χ3n) is 4.10. The van der Waals surface area contributed by atoms with Crippen LogP contribution in [0.25, 0.3) is 0 Å². The van der Waals surface area contributed by atoms with Crippen LogP contribution < -0.4 is 21.3 Å². The van der Waals surface area contributed by atoms with E-state index in [0.717, 1.165) is 0 Å². The molecular formula is C19H25N5O8. The van der Waals surface area contributed by atoms with E-state index >= 15 is 0 Å². The number of aliphatic carboxylic acids is 1. The minimum atomic E-state index is -1.13. The maximum atomic E-state index is 12.1. The molecule has 1 aromatic carbocycles. The highest BCUT2D eigenvalue weighted by Gasteiger charge is 2.18. The summed E-state index contributed by atoms with van der Waals surface area (Å²) in [6.45, 7) is 2.82. The standard InChI is InChI=1S/C19H25N5O8/c1-11(21-15(25)7-8-17(27)28)18(29)20-10-9-16(26)22-12(2)19(30)23-13-3-5-14(6-4-13)24(31)32/h3-6,11-12H,7-10H2,1-2H3,(H,20,29)(H,21,25)(H,22,26)(H,23,30)(H,27,28). The second kappa shape index (κ2) is 12.6. The van der Waals surface area contributed by atoms with Crippen molar-refractivity contribution < 1.29 is 34.0 Å². The van der Waals surface area contributed by atoms with Crippen LogP contribution in [0.2, 0.25) is 0 Å². The van der Waals surface area contributed by atoms with Gasteiger partial charge in [-0.15, -0.1) is 0 Å². The van der Waals surface area contributed by atoms with Gasteiger partial charge in [0.1, 0.15) is 12.1 Å². The summed E-state index contributed by atoms with van der Waals surface area (Å²) in [7, 11) is 0. The first kappa shape index (κ1) is 26.0. The fourth-order valence-electron chi connectivity index (χ4n) is 2.35. The number of nitro groups is 1. The summed E-state index contributed by atoms with van der Waals surface area (Å²) >= 11 is 0. The van der Waals surface area contributed by atoms with Gasteiger partial charge in [0.25, 0.3) is 5.69 Å². The zero-order chi connectivity index (χ0) is 24.3. The van der Waals surface area contributed by atoms with Crippen molar-refractivity contribution in [1.82, 2.24) is 16.0 Å². The Hall–Kier alpha value is -4.03. The number of hydrogen-bond donors (Lipinski definition) is 5. The second-order valence-corrected chi connectivity index (χ2v) is 6.81. The molecule has 0 saturated heterocycles. The van der Waals surface area contributed by atoms with E-state index in [1.165, 1.54) is 38.1 Å². The van der Waals surface area contributed by atoms with Gasteiger partial charge in [0.2, 0.25) is 23.6 Å². The van der Waals surface area contributed by atoms with E-state index in [4.69, 9.17) is 5.11 Å². The Morgan fingerprint density at radius 1 is 0.906 bits per heavy atom. The summed E-state index contributed by atoms with van der Waals surface area (Å²) in [5, 5.41) is 28.9. The third-order valence-corrected chi connectivity index (χ3v) is 4.10. The van der Waals surface area contributed by atoms with E-state index in [9.17, 15) is 34.1 Å². The topological polar surface area (TPSA) is 197 Å². The van der Waals surface area contributed by atoms with Gasteiger partial charge in [0, 0.05) is 37.2 Å². The first-order valence-electron chi connectivity index (χ1n) is 9.63. The first-order chi connectivity index (χ1) is 15.0. The Kier molecular flexibility index (Phi) is 10.3. The average Bonchev–Trinajstić information content (AvgIpc) is 2.72. The van der Waals surface area contributed by atoms with Gasteiger partial charge in [-0.25, -0.2) is 0 Å². The molecule has 0 bridgehead atoms. The predicted molar refractivity (Wildman–Crippen MR) is 111 cm³/mol. The highest BCUT2D eigenvalue weighted by atomic mass is 16.6. The lowest BCUT2D eigenvalue weighted by Gasteiger charge is -2.15. The molecule has 0 aromatic heterocycles. The van der Waals surface area contributed by atoms with Gasteiger partial charge < -0.3 is 26.4 Å². The largest absolute Gasteiger partial charge is 0.481 e. The van der Waals surface area contributed by atoms with Gasteiger partial charge in [-0.3, -0.25) is 34.1 Å². The minimum absolute atomic E-state index is 0.0449. The number of nitro benzene ring substituents is 1. The molecule has 1 rings (SSSR count). The van der Waals surface area contributed by atoms with Gasteiger partial charge in [-0.2, -0.15) is 0 Å². The highest BCUT2D eigenvalue weighted by Crippen LogP contribution is 2.15. The van der Waals surface area contributed by atoms with E-state index < -0.39 is 46.6 Å². The van der Waals surface area contributed by atoms with Crippen molar-refractivity contribution in [3.63, 3.8) is 0 Å². The van der Waals surface area contributed by atoms with Crippen LogP contribution in [0.5, 0.6) is 0 Å². The number of carboxylic acid groups (broad SMARTS) is 1. The molecule has 0 spiro atoms. The van der Waals surface area contributed by atoms with Gasteiger partial charge in [-0.05, 0) is 26.0 Å². The summed E-state index contributed by atoms with van der Waals surface area (Å²) in [5.74, 6) is -3.30. The van der Waals surface area contributed by atoms with Crippen molar-refractivity contribution in [3.8, 4) is 0 Å².